The van der Waals surface area contributed by atoms with Crippen molar-refractivity contribution in [3.8, 4) is 0 Å². The normalized spacial score (nSPS) is 45.6. The van der Waals surface area contributed by atoms with Crippen molar-refractivity contribution in [2.24, 2.45) is 23.7 Å². The Morgan fingerprint density at radius 3 is 2.27 bits per heavy atom. The van der Waals surface area contributed by atoms with Gasteiger partial charge in [0.2, 0.25) is 0 Å². The molecule has 0 bridgehead atoms. The molecule has 0 saturated carbocycles. The summed E-state index contributed by atoms with van der Waals surface area (Å²) >= 11 is 0. The van der Waals surface area contributed by atoms with E-state index in [1.54, 1.807) is 7.11 Å². The number of esters is 1. The standard InChI is InChI=1S/C25H47NO7/c1-14-11-19(31-7)9-8-10-26(6)17(4)24(29)20(27)13-32-25(30)16(3)22(14)21-12-15(2)23(28)18(5)33-21/h14-24,27-29H,8-13H2,1-7H3/t14-,15+,16-,17-,18+,19+,20-,21?,22+,23-,24-/m1/s1. The van der Waals surface area contributed by atoms with Crippen molar-refractivity contribution in [2.45, 2.75) is 103 Å². The van der Waals surface area contributed by atoms with E-state index >= 15 is 0 Å². The monoisotopic (exact) mass is 473 g/mol. The fraction of sp³-hybridized carbons (Fsp3) is 0.960. The van der Waals surface area contributed by atoms with E-state index in [-0.39, 0.29) is 48.7 Å². The summed E-state index contributed by atoms with van der Waals surface area (Å²) in [6.45, 7) is 10.3. The lowest BCUT2D eigenvalue weighted by atomic mass is 9.73. The van der Waals surface area contributed by atoms with Crippen LogP contribution in [-0.4, -0.2) is 96.2 Å². The molecule has 0 aromatic heterocycles. The Kier molecular flexibility index (Phi) is 11.0. The van der Waals surface area contributed by atoms with Crippen LogP contribution in [0.25, 0.3) is 0 Å². The topological polar surface area (TPSA) is 109 Å². The van der Waals surface area contributed by atoms with Crippen LogP contribution >= 0.6 is 0 Å². The number of carbonyl (C=O) groups is 1. The average molecular weight is 474 g/mol. The molecule has 3 N–H and O–H groups in total. The van der Waals surface area contributed by atoms with Gasteiger partial charge in [-0.15, -0.1) is 0 Å². The summed E-state index contributed by atoms with van der Waals surface area (Å²) in [6, 6.07) is -0.279. The summed E-state index contributed by atoms with van der Waals surface area (Å²) in [7, 11) is 3.65. The number of hydrogen-bond donors (Lipinski definition) is 3. The molecule has 2 rings (SSSR count). The van der Waals surface area contributed by atoms with Gasteiger partial charge in [-0.05, 0) is 65.0 Å². The van der Waals surface area contributed by atoms with Gasteiger partial charge in [-0.3, -0.25) is 4.79 Å². The summed E-state index contributed by atoms with van der Waals surface area (Å²) in [4.78, 5) is 15.1. The van der Waals surface area contributed by atoms with E-state index in [0.29, 0.717) is 6.42 Å². The van der Waals surface area contributed by atoms with E-state index in [1.165, 1.54) is 0 Å². The highest BCUT2D eigenvalue weighted by atomic mass is 16.5. The molecule has 2 heterocycles. The van der Waals surface area contributed by atoms with Crippen LogP contribution in [0, 0.1) is 23.7 Å². The second kappa shape index (κ2) is 12.8. The van der Waals surface area contributed by atoms with Crippen molar-refractivity contribution >= 4 is 5.97 Å². The second-order valence-electron chi connectivity index (χ2n) is 10.6. The van der Waals surface area contributed by atoms with Crippen molar-refractivity contribution in [3.05, 3.63) is 0 Å². The summed E-state index contributed by atoms with van der Waals surface area (Å²) in [6.07, 6.45) is 0.0393. The van der Waals surface area contributed by atoms with Gasteiger partial charge >= 0.3 is 5.97 Å². The Hall–Kier alpha value is -0.770. The first kappa shape index (κ1) is 28.5. The maximum absolute atomic E-state index is 13.1. The van der Waals surface area contributed by atoms with Crippen LogP contribution in [0.5, 0.6) is 0 Å². The number of likely N-dealkylation sites (N-methyl/N-ethyl adjacent to an activating group) is 1. The Balaban J connectivity index is 2.29. The largest absolute Gasteiger partial charge is 0.463 e. The lowest BCUT2D eigenvalue weighted by Crippen LogP contribution is -2.49. The molecule has 8 heteroatoms. The first-order chi connectivity index (χ1) is 15.5. The molecule has 8 nitrogen and oxygen atoms in total. The fourth-order valence-corrected chi connectivity index (χ4v) is 5.62. The Bertz CT molecular complexity index is 593. The minimum atomic E-state index is -1.16. The lowest BCUT2D eigenvalue weighted by Gasteiger charge is -2.43. The molecule has 194 valence electrons. The van der Waals surface area contributed by atoms with Gasteiger partial charge in [-0.2, -0.15) is 0 Å². The molecule has 0 aliphatic carbocycles. The van der Waals surface area contributed by atoms with Crippen molar-refractivity contribution in [1.29, 1.82) is 0 Å². The van der Waals surface area contributed by atoms with Crippen molar-refractivity contribution < 1.29 is 34.3 Å². The quantitative estimate of drug-likeness (QED) is 0.522. The summed E-state index contributed by atoms with van der Waals surface area (Å²) in [5.41, 5.74) is 0. The molecule has 0 radical (unpaired) electrons. The Morgan fingerprint density at radius 1 is 1.00 bits per heavy atom. The average Bonchev–Trinajstić information content (AvgIpc) is 2.78. The van der Waals surface area contributed by atoms with E-state index in [1.807, 2.05) is 39.6 Å². The van der Waals surface area contributed by atoms with E-state index in [9.17, 15) is 20.1 Å². The van der Waals surface area contributed by atoms with Crippen LogP contribution < -0.4 is 0 Å². The zero-order valence-corrected chi connectivity index (χ0v) is 21.5. The molecule has 0 spiro atoms. The SMILES string of the molecule is CO[C@H]1CCCN(C)[C@H](C)[C@@H](O)[C@H](O)COC(=O)[C@H](C)[C@@H](C2C[C@H](C)[C@@H](O)[C@H](C)O2)[C@H](C)C1. The third-order valence-corrected chi connectivity index (χ3v) is 8.08. The summed E-state index contributed by atoms with van der Waals surface area (Å²) < 4.78 is 17.5. The van der Waals surface area contributed by atoms with Crippen LogP contribution in [-0.2, 0) is 19.0 Å². The van der Waals surface area contributed by atoms with Gasteiger partial charge in [0.25, 0.3) is 0 Å². The summed E-state index contributed by atoms with van der Waals surface area (Å²) in [5.74, 6) is -0.807. The first-order valence-corrected chi connectivity index (χ1v) is 12.6. The minimum absolute atomic E-state index is 0.0408. The van der Waals surface area contributed by atoms with E-state index in [2.05, 4.69) is 6.92 Å². The fourth-order valence-electron chi connectivity index (χ4n) is 5.62. The van der Waals surface area contributed by atoms with Crippen LogP contribution in [0.1, 0.15) is 60.3 Å². The predicted octanol–water partition coefficient (Wildman–Crippen LogP) is 1.83. The van der Waals surface area contributed by atoms with Crippen molar-refractivity contribution in [1.82, 2.24) is 4.90 Å². The van der Waals surface area contributed by atoms with Gasteiger partial charge in [0, 0.05) is 19.1 Å². The third-order valence-electron chi connectivity index (χ3n) is 8.08. The van der Waals surface area contributed by atoms with Crippen LogP contribution in [0.4, 0.5) is 0 Å². The Labute approximate surface area is 199 Å². The molecular formula is C25H47NO7. The number of cyclic esters (lactones) is 1. The van der Waals surface area contributed by atoms with Crippen LogP contribution in [0.2, 0.25) is 0 Å². The predicted molar refractivity (Wildman–Crippen MR) is 126 cm³/mol. The van der Waals surface area contributed by atoms with Gasteiger partial charge < -0.3 is 34.4 Å². The smallest absolute Gasteiger partial charge is 0.309 e. The zero-order valence-electron chi connectivity index (χ0n) is 21.5. The van der Waals surface area contributed by atoms with Gasteiger partial charge in [-0.25, -0.2) is 0 Å². The van der Waals surface area contributed by atoms with Crippen molar-refractivity contribution in [3.63, 3.8) is 0 Å². The lowest BCUT2D eigenvalue weighted by molar-refractivity contribution is -0.178. The third kappa shape index (κ3) is 7.36. The molecule has 2 aliphatic heterocycles. The molecule has 2 aliphatic rings. The molecule has 2 fully saturated rings. The number of rotatable bonds is 2. The Morgan fingerprint density at radius 2 is 1.67 bits per heavy atom. The van der Waals surface area contributed by atoms with Gasteiger partial charge in [0.05, 0.1) is 36.4 Å². The number of aliphatic hydroxyl groups is 3. The van der Waals surface area contributed by atoms with Crippen molar-refractivity contribution in [2.75, 3.05) is 27.3 Å². The highest BCUT2D eigenvalue weighted by Gasteiger charge is 2.43. The number of ether oxygens (including phenoxy) is 3. The molecule has 11 atom stereocenters. The van der Waals surface area contributed by atoms with E-state index in [0.717, 1.165) is 25.8 Å². The summed E-state index contributed by atoms with van der Waals surface area (Å²) in [5, 5.41) is 31.4. The second-order valence-corrected chi connectivity index (χ2v) is 10.6. The van der Waals surface area contributed by atoms with Gasteiger partial charge in [-0.1, -0.05) is 20.8 Å². The first-order valence-electron chi connectivity index (χ1n) is 12.6. The van der Waals surface area contributed by atoms with Crippen LogP contribution in [0.3, 0.4) is 0 Å². The number of aliphatic hydroxyl groups excluding tert-OH is 3. The number of carbonyl (C=O) groups excluding carboxylic acids is 1. The number of hydrogen-bond acceptors (Lipinski definition) is 8. The minimum Gasteiger partial charge on any atom is -0.463 e. The maximum atomic E-state index is 13.1. The highest BCUT2D eigenvalue weighted by Crippen LogP contribution is 2.38. The molecule has 0 amide bonds. The maximum Gasteiger partial charge on any atom is 0.309 e. The molecule has 33 heavy (non-hydrogen) atoms. The van der Waals surface area contributed by atoms with Gasteiger partial charge in [0.15, 0.2) is 0 Å². The molecular weight excluding hydrogens is 426 g/mol. The molecule has 1 unspecified atom stereocenters. The van der Waals surface area contributed by atoms with Gasteiger partial charge in [0.1, 0.15) is 12.7 Å². The number of nitrogens with zero attached hydrogens (tertiary/aromatic N) is 1. The number of methoxy groups -OCH3 is 1. The zero-order chi connectivity index (χ0) is 24.9. The van der Waals surface area contributed by atoms with E-state index < -0.39 is 30.2 Å². The highest BCUT2D eigenvalue weighted by molar-refractivity contribution is 5.72. The molecule has 2 saturated heterocycles. The van der Waals surface area contributed by atoms with Crippen LogP contribution in [0.15, 0.2) is 0 Å². The molecule has 0 aromatic carbocycles. The molecule has 0 aromatic rings. The van der Waals surface area contributed by atoms with E-state index in [4.69, 9.17) is 14.2 Å².